The molecule has 0 unspecified atom stereocenters. The van der Waals surface area contributed by atoms with Gasteiger partial charge in [0.25, 0.3) is 5.91 Å². The maximum atomic E-state index is 12.4. The van der Waals surface area contributed by atoms with E-state index in [2.05, 4.69) is 5.32 Å². The van der Waals surface area contributed by atoms with E-state index in [1.165, 1.54) is 12.1 Å². The van der Waals surface area contributed by atoms with Crippen LogP contribution in [0.3, 0.4) is 0 Å². The number of carbonyl (C=O) groups is 3. The van der Waals surface area contributed by atoms with Crippen LogP contribution in [-0.4, -0.2) is 41.1 Å². The van der Waals surface area contributed by atoms with Gasteiger partial charge in [-0.2, -0.15) is 0 Å². The van der Waals surface area contributed by atoms with Crippen LogP contribution >= 0.6 is 11.6 Å². The Bertz CT molecular complexity index is 1060. The Labute approximate surface area is 190 Å². The second kappa shape index (κ2) is 10.2. The Balaban J connectivity index is 1.82. The molecule has 2 N–H and O–H groups in total. The molecule has 8 nitrogen and oxygen atoms in total. The molecule has 9 heteroatoms. The van der Waals surface area contributed by atoms with Gasteiger partial charge in [0.1, 0.15) is 12.3 Å². The fourth-order valence-electron chi connectivity index (χ4n) is 3.14. The van der Waals surface area contributed by atoms with Gasteiger partial charge in [-0.3, -0.25) is 9.69 Å². The molecule has 0 saturated carbocycles. The van der Waals surface area contributed by atoms with Crippen LogP contribution in [0.25, 0.3) is 6.08 Å². The van der Waals surface area contributed by atoms with Gasteiger partial charge in [0.15, 0.2) is 11.5 Å². The first-order chi connectivity index (χ1) is 15.3. The smallest absolute Gasteiger partial charge is 0.335 e. The molecule has 1 aliphatic rings. The third-order valence-corrected chi connectivity index (χ3v) is 4.92. The first-order valence-corrected chi connectivity index (χ1v) is 10.5. The van der Waals surface area contributed by atoms with Gasteiger partial charge < -0.3 is 19.9 Å². The number of imide groups is 1. The molecule has 1 fully saturated rings. The molecule has 0 bridgehead atoms. The number of rotatable bonds is 9. The van der Waals surface area contributed by atoms with E-state index in [9.17, 15) is 14.4 Å². The Morgan fingerprint density at radius 2 is 1.88 bits per heavy atom. The number of urea groups is 1. The zero-order valence-corrected chi connectivity index (χ0v) is 18.4. The summed E-state index contributed by atoms with van der Waals surface area (Å²) in [5.74, 6) is -0.682. The fraction of sp³-hybridized carbons (Fsp3) is 0.261. The SMILES string of the molecule is CCCN1C(=O)N/C(=C/c2cc(Cl)c(OCc3ccc(C(=O)O)cc3)c(OCC)c2)C1=O. The quantitative estimate of drug-likeness (QED) is 0.428. The summed E-state index contributed by atoms with van der Waals surface area (Å²) in [6.07, 6.45) is 2.20. The molecule has 0 spiro atoms. The molecule has 0 radical (unpaired) electrons. The van der Waals surface area contributed by atoms with Crippen LogP contribution < -0.4 is 14.8 Å². The molecular weight excluding hydrogens is 436 g/mol. The van der Waals surface area contributed by atoms with Crippen LogP contribution in [0.2, 0.25) is 5.02 Å². The van der Waals surface area contributed by atoms with E-state index < -0.39 is 17.9 Å². The molecular formula is C23H23ClN2O6. The summed E-state index contributed by atoms with van der Waals surface area (Å²) >= 11 is 6.44. The highest BCUT2D eigenvalue weighted by atomic mass is 35.5. The molecule has 168 valence electrons. The maximum Gasteiger partial charge on any atom is 0.335 e. The van der Waals surface area contributed by atoms with Crippen LogP contribution in [0.15, 0.2) is 42.1 Å². The highest BCUT2D eigenvalue weighted by molar-refractivity contribution is 6.32. The molecule has 1 aliphatic heterocycles. The van der Waals surface area contributed by atoms with Gasteiger partial charge in [-0.15, -0.1) is 0 Å². The highest BCUT2D eigenvalue weighted by Crippen LogP contribution is 2.38. The van der Waals surface area contributed by atoms with Crippen molar-refractivity contribution in [2.24, 2.45) is 0 Å². The van der Waals surface area contributed by atoms with E-state index in [0.29, 0.717) is 36.6 Å². The third kappa shape index (κ3) is 5.20. The minimum absolute atomic E-state index is 0.153. The molecule has 0 aromatic heterocycles. The summed E-state index contributed by atoms with van der Waals surface area (Å²) in [4.78, 5) is 36.6. The minimum Gasteiger partial charge on any atom is -0.490 e. The zero-order chi connectivity index (χ0) is 23.3. The third-order valence-electron chi connectivity index (χ3n) is 4.64. The largest absolute Gasteiger partial charge is 0.490 e. The topological polar surface area (TPSA) is 105 Å². The molecule has 3 rings (SSSR count). The Hall–Kier alpha value is -3.52. The van der Waals surface area contributed by atoms with Crippen LogP contribution in [0.4, 0.5) is 4.79 Å². The zero-order valence-electron chi connectivity index (χ0n) is 17.7. The number of carboxylic acids is 1. The predicted octanol–water partition coefficient (Wildman–Crippen LogP) is 4.32. The van der Waals surface area contributed by atoms with Crippen molar-refractivity contribution in [3.63, 3.8) is 0 Å². The van der Waals surface area contributed by atoms with Crippen molar-refractivity contribution >= 4 is 35.6 Å². The normalized spacial score (nSPS) is 14.6. The second-order valence-electron chi connectivity index (χ2n) is 7.00. The molecule has 2 aromatic rings. The fourth-order valence-corrected chi connectivity index (χ4v) is 3.41. The number of aromatic carboxylic acids is 1. The number of hydrogen-bond acceptors (Lipinski definition) is 5. The monoisotopic (exact) mass is 458 g/mol. The van der Waals surface area contributed by atoms with E-state index in [1.807, 2.05) is 13.8 Å². The molecule has 32 heavy (non-hydrogen) atoms. The standard InChI is InChI=1S/C23H23ClN2O6/c1-3-9-26-21(27)18(25-23(26)30)11-15-10-17(24)20(19(12-15)31-4-2)32-13-14-5-7-16(8-6-14)22(28)29/h5-8,10-12H,3-4,9,13H2,1-2H3,(H,25,30)(H,28,29)/b18-11+. The first kappa shape index (κ1) is 23.1. The number of hydrogen-bond donors (Lipinski definition) is 2. The summed E-state index contributed by atoms with van der Waals surface area (Å²) in [5, 5.41) is 11.8. The Kier molecular flexibility index (Phi) is 7.37. The number of carbonyl (C=O) groups excluding carboxylic acids is 2. The Morgan fingerprint density at radius 1 is 1.16 bits per heavy atom. The number of amides is 3. The predicted molar refractivity (Wildman–Crippen MR) is 119 cm³/mol. The molecule has 1 heterocycles. The number of nitrogens with one attached hydrogen (secondary N) is 1. The van der Waals surface area contributed by atoms with E-state index in [-0.39, 0.29) is 22.9 Å². The van der Waals surface area contributed by atoms with Gasteiger partial charge in [0.2, 0.25) is 0 Å². The number of benzene rings is 2. The van der Waals surface area contributed by atoms with Crippen LogP contribution in [0.1, 0.15) is 41.8 Å². The van der Waals surface area contributed by atoms with Crippen molar-refractivity contribution in [1.82, 2.24) is 10.2 Å². The lowest BCUT2D eigenvalue weighted by atomic mass is 10.1. The number of ether oxygens (including phenoxy) is 2. The van der Waals surface area contributed by atoms with Crippen molar-refractivity contribution in [2.75, 3.05) is 13.2 Å². The molecule has 3 amide bonds. The molecule has 2 aromatic carbocycles. The maximum absolute atomic E-state index is 12.4. The lowest BCUT2D eigenvalue weighted by Crippen LogP contribution is -2.31. The van der Waals surface area contributed by atoms with Gasteiger partial charge in [-0.25, -0.2) is 9.59 Å². The van der Waals surface area contributed by atoms with Crippen LogP contribution in [0, 0.1) is 0 Å². The van der Waals surface area contributed by atoms with Gasteiger partial charge in [0, 0.05) is 6.54 Å². The van der Waals surface area contributed by atoms with Gasteiger partial charge in [0.05, 0.1) is 17.2 Å². The summed E-state index contributed by atoms with van der Waals surface area (Å²) in [7, 11) is 0. The number of carboxylic acid groups (broad SMARTS) is 1. The van der Waals surface area contributed by atoms with E-state index >= 15 is 0 Å². The lowest BCUT2D eigenvalue weighted by Gasteiger charge is -2.15. The minimum atomic E-state index is -1.00. The Morgan fingerprint density at radius 3 is 2.50 bits per heavy atom. The summed E-state index contributed by atoms with van der Waals surface area (Å²) in [6.45, 7) is 4.56. The van der Waals surface area contributed by atoms with Crippen molar-refractivity contribution in [2.45, 2.75) is 26.9 Å². The van der Waals surface area contributed by atoms with E-state index in [4.69, 9.17) is 26.2 Å². The molecule has 0 aliphatic carbocycles. The van der Waals surface area contributed by atoms with Gasteiger partial charge in [-0.05, 0) is 54.8 Å². The summed E-state index contributed by atoms with van der Waals surface area (Å²) in [6, 6.07) is 9.15. The van der Waals surface area contributed by atoms with Gasteiger partial charge >= 0.3 is 12.0 Å². The van der Waals surface area contributed by atoms with Crippen molar-refractivity contribution < 1.29 is 29.0 Å². The van der Waals surface area contributed by atoms with Crippen LogP contribution in [0.5, 0.6) is 11.5 Å². The van der Waals surface area contributed by atoms with Crippen molar-refractivity contribution in [3.05, 3.63) is 63.8 Å². The van der Waals surface area contributed by atoms with E-state index in [1.54, 1.807) is 30.3 Å². The molecule has 0 atom stereocenters. The average molecular weight is 459 g/mol. The average Bonchev–Trinajstić information content (AvgIpc) is 3.01. The highest BCUT2D eigenvalue weighted by Gasteiger charge is 2.32. The van der Waals surface area contributed by atoms with Gasteiger partial charge in [-0.1, -0.05) is 30.7 Å². The number of halogens is 1. The second-order valence-corrected chi connectivity index (χ2v) is 7.41. The van der Waals surface area contributed by atoms with Crippen molar-refractivity contribution in [1.29, 1.82) is 0 Å². The number of nitrogens with zero attached hydrogens (tertiary/aromatic N) is 1. The van der Waals surface area contributed by atoms with Crippen molar-refractivity contribution in [3.8, 4) is 11.5 Å². The molecule has 1 saturated heterocycles. The summed E-state index contributed by atoms with van der Waals surface area (Å²) < 4.78 is 11.5. The summed E-state index contributed by atoms with van der Waals surface area (Å²) in [5.41, 5.74) is 1.67. The van der Waals surface area contributed by atoms with E-state index in [0.717, 1.165) is 10.5 Å². The lowest BCUT2D eigenvalue weighted by molar-refractivity contribution is -0.122. The first-order valence-electron chi connectivity index (χ1n) is 10.1. The van der Waals surface area contributed by atoms with Crippen LogP contribution in [-0.2, 0) is 11.4 Å².